The van der Waals surface area contributed by atoms with Crippen LogP contribution in [0.25, 0.3) is 0 Å². The van der Waals surface area contributed by atoms with E-state index in [9.17, 15) is 4.79 Å². The lowest BCUT2D eigenvalue weighted by molar-refractivity contribution is -0.120. The first-order valence-corrected chi connectivity index (χ1v) is 7.89. The molecule has 2 aliphatic heterocycles. The highest BCUT2D eigenvalue weighted by molar-refractivity contribution is 5.77. The van der Waals surface area contributed by atoms with Crippen molar-refractivity contribution in [2.75, 3.05) is 26.2 Å². The lowest BCUT2D eigenvalue weighted by atomic mass is 9.97. The van der Waals surface area contributed by atoms with Gasteiger partial charge in [-0.1, -0.05) is 13.8 Å². The highest BCUT2D eigenvalue weighted by Crippen LogP contribution is 2.26. The molecule has 0 spiro atoms. The van der Waals surface area contributed by atoms with E-state index < -0.39 is 0 Å². The van der Waals surface area contributed by atoms with Crippen molar-refractivity contribution in [2.24, 2.45) is 5.92 Å². The maximum Gasteiger partial charge on any atom is 0.233 e. The number of amides is 1. The molecule has 0 aromatic heterocycles. The highest BCUT2D eigenvalue weighted by Gasteiger charge is 2.31. The largest absolute Gasteiger partial charge is 0.355 e. The maximum absolute atomic E-state index is 11.7. The van der Waals surface area contributed by atoms with Crippen molar-refractivity contribution in [1.29, 1.82) is 0 Å². The molecule has 2 rings (SSSR count). The number of hydrogen-bond acceptors (Lipinski definition) is 3. The first-order chi connectivity index (χ1) is 9.15. The number of fused-ring (bicyclic) bond motifs is 1. The fourth-order valence-corrected chi connectivity index (χ4v) is 3.21. The van der Waals surface area contributed by atoms with Crippen LogP contribution in [0.2, 0.25) is 0 Å². The van der Waals surface area contributed by atoms with Gasteiger partial charge in [0.2, 0.25) is 5.91 Å². The first kappa shape index (κ1) is 14.8. The van der Waals surface area contributed by atoms with Crippen LogP contribution in [-0.2, 0) is 4.79 Å². The van der Waals surface area contributed by atoms with Crippen LogP contribution in [-0.4, -0.2) is 49.1 Å². The van der Waals surface area contributed by atoms with Crippen molar-refractivity contribution in [3.8, 4) is 0 Å². The van der Waals surface area contributed by atoms with Gasteiger partial charge in [-0.2, -0.15) is 0 Å². The Balaban J connectivity index is 1.58. The van der Waals surface area contributed by atoms with Crippen LogP contribution >= 0.6 is 0 Å². The fraction of sp³-hybridized carbons (Fsp3) is 0.933. The molecule has 2 heterocycles. The lowest BCUT2D eigenvalue weighted by Crippen LogP contribution is -2.48. The molecule has 0 aromatic rings. The molecule has 2 aliphatic rings. The van der Waals surface area contributed by atoms with Crippen molar-refractivity contribution < 1.29 is 4.79 Å². The van der Waals surface area contributed by atoms with Gasteiger partial charge in [-0.3, -0.25) is 4.79 Å². The van der Waals surface area contributed by atoms with E-state index in [4.69, 9.17) is 0 Å². The van der Waals surface area contributed by atoms with Gasteiger partial charge in [0, 0.05) is 18.6 Å². The molecule has 2 fully saturated rings. The molecule has 0 bridgehead atoms. The molecule has 0 saturated carbocycles. The maximum atomic E-state index is 11.7. The van der Waals surface area contributed by atoms with E-state index in [1.807, 2.05) is 0 Å². The molecule has 4 heteroatoms. The standard InChI is InChI=1S/C15H29N3O/c1-12(2)5-7-16-15(19)11-17-13-6-9-18-8-3-4-14(18)10-13/h12-14,17H,3-11H2,1-2H3,(H,16,19). The molecule has 110 valence electrons. The van der Waals surface area contributed by atoms with E-state index in [0.29, 0.717) is 18.5 Å². The Kier molecular flexibility index (Phi) is 5.64. The predicted molar refractivity (Wildman–Crippen MR) is 78.1 cm³/mol. The molecule has 19 heavy (non-hydrogen) atoms. The molecule has 0 radical (unpaired) electrons. The van der Waals surface area contributed by atoms with Crippen molar-refractivity contribution in [3.63, 3.8) is 0 Å². The summed E-state index contributed by atoms with van der Waals surface area (Å²) in [7, 11) is 0. The van der Waals surface area contributed by atoms with E-state index in [1.54, 1.807) is 0 Å². The quantitative estimate of drug-likeness (QED) is 0.764. The van der Waals surface area contributed by atoms with Crippen LogP contribution in [0.1, 0.15) is 46.0 Å². The molecular formula is C15H29N3O. The normalized spacial score (nSPS) is 27.5. The Bertz CT molecular complexity index is 293. The monoisotopic (exact) mass is 267 g/mol. The summed E-state index contributed by atoms with van der Waals surface area (Å²) >= 11 is 0. The van der Waals surface area contributed by atoms with Gasteiger partial charge in [0.05, 0.1) is 6.54 Å². The Morgan fingerprint density at radius 1 is 1.32 bits per heavy atom. The first-order valence-electron chi connectivity index (χ1n) is 7.89. The van der Waals surface area contributed by atoms with Crippen LogP contribution in [0.3, 0.4) is 0 Å². The van der Waals surface area contributed by atoms with E-state index in [2.05, 4.69) is 29.4 Å². The number of nitrogens with one attached hydrogen (secondary N) is 2. The minimum absolute atomic E-state index is 0.148. The number of rotatable bonds is 6. The smallest absolute Gasteiger partial charge is 0.233 e. The zero-order valence-corrected chi connectivity index (χ0v) is 12.5. The van der Waals surface area contributed by atoms with Gasteiger partial charge < -0.3 is 15.5 Å². The molecule has 2 unspecified atom stereocenters. The van der Waals surface area contributed by atoms with Crippen molar-refractivity contribution >= 4 is 5.91 Å². The van der Waals surface area contributed by atoms with Crippen LogP contribution in [0.4, 0.5) is 0 Å². The van der Waals surface area contributed by atoms with Gasteiger partial charge >= 0.3 is 0 Å². The summed E-state index contributed by atoms with van der Waals surface area (Å²) in [5, 5.41) is 6.42. The van der Waals surface area contributed by atoms with Crippen molar-refractivity contribution in [1.82, 2.24) is 15.5 Å². The van der Waals surface area contributed by atoms with E-state index >= 15 is 0 Å². The number of carbonyl (C=O) groups is 1. The second-order valence-electron chi connectivity index (χ2n) is 6.47. The summed E-state index contributed by atoms with van der Waals surface area (Å²) in [6.45, 7) is 8.14. The van der Waals surface area contributed by atoms with Crippen LogP contribution < -0.4 is 10.6 Å². The van der Waals surface area contributed by atoms with Gasteiger partial charge in [-0.25, -0.2) is 0 Å². The summed E-state index contributed by atoms with van der Waals surface area (Å²) in [4.78, 5) is 14.3. The van der Waals surface area contributed by atoms with Gasteiger partial charge in [0.1, 0.15) is 0 Å². The van der Waals surface area contributed by atoms with Gasteiger partial charge in [-0.15, -0.1) is 0 Å². The summed E-state index contributed by atoms with van der Waals surface area (Å²) in [6, 6.07) is 1.31. The van der Waals surface area contributed by atoms with Crippen molar-refractivity contribution in [2.45, 2.75) is 58.0 Å². The number of carbonyl (C=O) groups excluding carboxylic acids is 1. The molecule has 0 aliphatic carbocycles. The predicted octanol–water partition coefficient (Wildman–Crippen LogP) is 1.37. The van der Waals surface area contributed by atoms with E-state index in [1.165, 1.54) is 38.8 Å². The Morgan fingerprint density at radius 2 is 2.16 bits per heavy atom. The van der Waals surface area contributed by atoms with Gasteiger partial charge in [0.15, 0.2) is 0 Å². The second kappa shape index (κ2) is 7.25. The Hall–Kier alpha value is -0.610. The number of piperidine rings is 1. The van der Waals surface area contributed by atoms with Crippen molar-refractivity contribution in [3.05, 3.63) is 0 Å². The highest BCUT2D eigenvalue weighted by atomic mass is 16.1. The zero-order chi connectivity index (χ0) is 13.7. The molecule has 2 atom stereocenters. The topological polar surface area (TPSA) is 44.4 Å². The molecule has 0 aromatic carbocycles. The lowest BCUT2D eigenvalue weighted by Gasteiger charge is -2.35. The summed E-state index contributed by atoms with van der Waals surface area (Å²) in [5.74, 6) is 0.800. The average molecular weight is 267 g/mol. The Morgan fingerprint density at radius 3 is 2.95 bits per heavy atom. The minimum atomic E-state index is 0.148. The second-order valence-corrected chi connectivity index (χ2v) is 6.47. The summed E-state index contributed by atoms with van der Waals surface area (Å²) in [5.41, 5.74) is 0. The van der Waals surface area contributed by atoms with Gasteiger partial charge in [-0.05, 0) is 51.1 Å². The molecule has 2 saturated heterocycles. The number of nitrogens with zero attached hydrogens (tertiary/aromatic N) is 1. The van der Waals surface area contributed by atoms with Crippen LogP contribution in [0.5, 0.6) is 0 Å². The number of hydrogen-bond donors (Lipinski definition) is 2. The third-order valence-corrected chi connectivity index (χ3v) is 4.42. The molecule has 1 amide bonds. The van der Waals surface area contributed by atoms with Crippen LogP contribution in [0.15, 0.2) is 0 Å². The van der Waals surface area contributed by atoms with E-state index in [-0.39, 0.29) is 5.91 Å². The molecule has 2 N–H and O–H groups in total. The zero-order valence-electron chi connectivity index (χ0n) is 12.5. The Labute approximate surface area is 117 Å². The average Bonchev–Trinajstić information content (AvgIpc) is 2.83. The van der Waals surface area contributed by atoms with Gasteiger partial charge in [0.25, 0.3) is 0 Å². The summed E-state index contributed by atoms with van der Waals surface area (Å²) in [6.07, 6.45) is 6.17. The third kappa shape index (κ3) is 4.77. The van der Waals surface area contributed by atoms with E-state index in [0.717, 1.165) is 19.0 Å². The fourth-order valence-electron chi connectivity index (χ4n) is 3.21. The SMILES string of the molecule is CC(C)CCNC(=O)CNC1CCN2CCCC2C1. The third-order valence-electron chi connectivity index (χ3n) is 4.42. The molecular weight excluding hydrogens is 238 g/mol. The van der Waals surface area contributed by atoms with Crippen LogP contribution in [0, 0.1) is 5.92 Å². The summed E-state index contributed by atoms with van der Waals surface area (Å²) < 4.78 is 0. The molecule has 4 nitrogen and oxygen atoms in total. The minimum Gasteiger partial charge on any atom is -0.355 e.